The quantitative estimate of drug-likeness (QED) is 0.330. The van der Waals surface area contributed by atoms with E-state index < -0.39 is 11.1 Å². The summed E-state index contributed by atoms with van der Waals surface area (Å²) in [6.07, 6.45) is 0. The van der Waals surface area contributed by atoms with Gasteiger partial charge in [-0.05, 0) is 27.7 Å². The topological polar surface area (TPSA) is 91.4 Å². The lowest BCUT2D eigenvalue weighted by Crippen LogP contribution is -2.62. The van der Waals surface area contributed by atoms with E-state index in [0.29, 0.717) is 26.2 Å². The van der Waals surface area contributed by atoms with Gasteiger partial charge in [0.15, 0.2) is 5.84 Å². The van der Waals surface area contributed by atoms with Gasteiger partial charge in [0.1, 0.15) is 5.60 Å². The van der Waals surface area contributed by atoms with Crippen LogP contribution in [0.25, 0.3) is 0 Å². The molecule has 7 heteroatoms. The van der Waals surface area contributed by atoms with Gasteiger partial charge in [-0.1, -0.05) is 5.16 Å². The molecule has 1 amide bonds. The Morgan fingerprint density at radius 1 is 1.20 bits per heavy atom. The fraction of sp³-hybridized carbons (Fsp3) is 0.846. The summed E-state index contributed by atoms with van der Waals surface area (Å²) in [6.45, 7) is 9.90. The molecule has 1 fully saturated rings. The molecule has 7 nitrogen and oxygen atoms in total. The zero-order chi connectivity index (χ0) is 15.6. The minimum atomic E-state index is -0.802. The van der Waals surface area contributed by atoms with Crippen molar-refractivity contribution in [2.24, 2.45) is 10.9 Å². The molecule has 1 aliphatic rings. The molecule has 0 spiro atoms. The van der Waals surface area contributed by atoms with E-state index in [9.17, 15) is 4.79 Å². The van der Waals surface area contributed by atoms with E-state index >= 15 is 0 Å². The molecule has 0 aromatic carbocycles. The van der Waals surface area contributed by atoms with Crippen LogP contribution in [0, 0.1) is 0 Å². The SMILES string of the molecule is COC(C)(C)C(=O)N1CCN(C(C)(C)C(N)=NO)CC1. The molecule has 0 atom stereocenters. The number of piperazine rings is 1. The Labute approximate surface area is 120 Å². The van der Waals surface area contributed by atoms with Crippen molar-refractivity contribution >= 4 is 11.7 Å². The first-order valence-corrected chi connectivity index (χ1v) is 6.74. The summed E-state index contributed by atoms with van der Waals surface area (Å²) in [5, 5.41) is 11.9. The number of amides is 1. The summed E-state index contributed by atoms with van der Waals surface area (Å²) in [5.74, 6) is 0.163. The first-order chi connectivity index (χ1) is 9.16. The van der Waals surface area contributed by atoms with Crippen molar-refractivity contribution in [2.75, 3.05) is 33.3 Å². The molecular weight excluding hydrogens is 260 g/mol. The molecule has 0 radical (unpaired) electrons. The van der Waals surface area contributed by atoms with Gasteiger partial charge in [-0.2, -0.15) is 0 Å². The number of nitrogens with zero attached hydrogens (tertiary/aromatic N) is 3. The van der Waals surface area contributed by atoms with E-state index in [1.807, 2.05) is 13.8 Å². The molecule has 1 rings (SSSR count). The van der Waals surface area contributed by atoms with E-state index in [2.05, 4.69) is 10.1 Å². The molecule has 0 aromatic rings. The average molecular weight is 286 g/mol. The highest BCUT2D eigenvalue weighted by Crippen LogP contribution is 2.20. The summed E-state index contributed by atoms with van der Waals surface area (Å²) in [6, 6.07) is 0. The maximum Gasteiger partial charge on any atom is 0.254 e. The smallest absolute Gasteiger partial charge is 0.254 e. The van der Waals surface area contributed by atoms with Gasteiger partial charge in [0, 0.05) is 33.3 Å². The highest BCUT2D eigenvalue weighted by molar-refractivity contribution is 5.89. The molecule has 1 heterocycles. The summed E-state index contributed by atoms with van der Waals surface area (Å²) >= 11 is 0. The Morgan fingerprint density at radius 3 is 2.10 bits per heavy atom. The minimum Gasteiger partial charge on any atom is -0.409 e. The molecule has 3 N–H and O–H groups in total. The van der Waals surface area contributed by atoms with Crippen LogP contribution in [0.5, 0.6) is 0 Å². The van der Waals surface area contributed by atoms with Crippen molar-refractivity contribution in [1.29, 1.82) is 0 Å². The third-order valence-corrected chi connectivity index (χ3v) is 4.12. The van der Waals surface area contributed by atoms with Crippen LogP contribution >= 0.6 is 0 Å². The second-order valence-electron chi connectivity index (χ2n) is 6.04. The molecule has 1 aliphatic heterocycles. The van der Waals surface area contributed by atoms with E-state index in [1.54, 1.807) is 18.7 Å². The molecular formula is C13H26N4O3. The second kappa shape index (κ2) is 5.97. The van der Waals surface area contributed by atoms with Gasteiger partial charge in [0.2, 0.25) is 0 Å². The lowest BCUT2D eigenvalue weighted by molar-refractivity contribution is -0.153. The van der Waals surface area contributed by atoms with Gasteiger partial charge >= 0.3 is 0 Å². The van der Waals surface area contributed by atoms with Crippen LogP contribution in [0.3, 0.4) is 0 Å². The van der Waals surface area contributed by atoms with Crippen molar-refractivity contribution in [2.45, 2.75) is 38.8 Å². The molecule has 0 saturated carbocycles. The predicted octanol–water partition coefficient (Wildman–Crippen LogP) is 0.0806. The summed E-state index contributed by atoms with van der Waals surface area (Å²) in [5.41, 5.74) is 4.40. The van der Waals surface area contributed by atoms with Crippen molar-refractivity contribution in [3.63, 3.8) is 0 Å². The number of amidine groups is 1. The Hall–Kier alpha value is -1.34. The largest absolute Gasteiger partial charge is 0.409 e. The molecule has 1 saturated heterocycles. The van der Waals surface area contributed by atoms with Crippen molar-refractivity contribution in [3.8, 4) is 0 Å². The Balaban J connectivity index is 2.67. The predicted molar refractivity (Wildman–Crippen MR) is 76.7 cm³/mol. The standard InChI is InChI=1S/C13H26N4O3/c1-12(2,10(14)15-19)17-8-6-16(7-9-17)11(18)13(3,4)20-5/h19H,6-9H2,1-5H3,(H2,14,15). The fourth-order valence-electron chi connectivity index (χ4n) is 2.22. The first-order valence-electron chi connectivity index (χ1n) is 6.74. The molecule has 20 heavy (non-hydrogen) atoms. The number of ether oxygens (including phenoxy) is 1. The van der Waals surface area contributed by atoms with Gasteiger partial charge in [0.05, 0.1) is 5.54 Å². The van der Waals surface area contributed by atoms with Crippen LogP contribution in [0.15, 0.2) is 5.16 Å². The molecule has 0 aliphatic carbocycles. The van der Waals surface area contributed by atoms with Gasteiger partial charge in [-0.15, -0.1) is 0 Å². The third-order valence-electron chi connectivity index (χ3n) is 4.12. The third kappa shape index (κ3) is 3.21. The number of hydrogen-bond donors (Lipinski definition) is 2. The van der Waals surface area contributed by atoms with Crippen molar-refractivity contribution in [3.05, 3.63) is 0 Å². The van der Waals surface area contributed by atoms with E-state index in [1.165, 1.54) is 7.11 Å². The van der Waals surface area contributed by atoms with E-state index in [-0.39, 0.29) is 11.7 Å². The van der Waals surface area contributed by atoms with Gasteiger partial charge in [0.25, 0.3) is 5.91 Å². The lowest BCUT2D eigenvalue weighted by atomic mass is 9.99. The minimum absolute atomic E-state index is 0.0127. The molecule has 0 unspecified atom stereocenters. The normalized spacial score (nSPS) is 19.2. The number of hydrogen-bond acceptors (Lipinski definition) is 5. The van der Waals surface area contributed by atoms with E-state index in [0.717, 1.165) is 0 Å². The van der Waals surface area contributed by atoms with Crippen LogP contribution in [0.1, 0.15) is 27.7 Å². The van der Waals surface area contributed by atoms with Crippen molar-refractivity contribution < 1.29 is 14.7 Å². The Bertz CT molecular complexity index is 385. The van der Waals surface area contributed by atoms with Crippen LogP contribution in [0.4, 0.5) is 0 Å². The maximum absolute atomic E-state index is 12.3. The number of rotatable bonds is 4. The Morgan fingerprint density at radius 2 is 1.70 bits per heavy atom. The van der Waals surface area contributed by atoms with Crippen molar-refractivity contribution in [1.82, 2.24) is 9.80 Å². The number of carbonyl (C=O) groups excluding carboxylic acids is 1. The summed E-state index contributed by atoms with van der Waals surface area (Å²) in [4.78, 5) is 16.2. The van der Waals surface area contributed by atoms with Crippen LogP contribution in [-0.2, 0) is 9.53 Å². The molecule has 116 valence electrons. The summed E-state index contributed by atoms with van der Waals surface area (Å²) in [7, 11) is 1.54. The maximum atomic E-state index is 12.3. The number of oxime groups is 1. The molecule has 0 bridgehead atoms. The number of methoxy groups -OCH3 is 1. The zero-order valence-electron chi connectivity index (χ0n) is 13.0. The van der Waals surface area contributed by atoms with Crippen LogP contribution in [0.2, 0.25) is 0 Å². The fourth-order valence-corrected chi connectivity index (χ4v) is 2.22. The highest BCUT2D eigenvalue weighted by atomic mass is 16.5. The Kier molecular flexibility index (Phi) is 4.99. The van der Waals surface area contributed by atoms with Gasteiger partial charge in [-0.25, -0.2) is 0 Å². The van der Waals surface area contributed by atoms with E-state index in [4.69, 9.17) is 15.7 Å². The van der Waals surface area contributed by atoms with Crippen LogP contribution in [-0.4, -0.2) is 71.2 Å². The average Bonchev–Trinajstić information content (AvgIpc) is 2.45. The zero-order valence-corrected chi connectivity index (χ0v) is 13.0. The van der Waals surface area contributed by atoms with Gasteiger partial charge < -0.3 is 20.6 Å². The second-order valence-corrected chi connectivity index (χ2v) is 6.04. The lowest BCUT2D eigenvalue weighted by Gasteiger charge is -2.44. The monoisotopic (exact) mass is 286 g/mol. The van der Waals surface area contributed by atoms with Gasteiger partial charge in [-0.3, -0.25) is 9.69 Å². The van der Waals surface area contributed by atoms with Crippen LogP contribution < -0.4 is 5.73 Å². The number of nitrogens with two attached hydrogens (primary N) is 1. The highest BCUT2D eigenvalue weighted by Gasteiger charge is 2.38. The summed E-state index contributed by atoms with van der Waals surface area (Å²) < 4.78 is 5.23. The molecule has 0 aromatic heterocycles. The number of carbonyl (C=O) groups is 1. The first kappa shape index (κ1) is 16.7.